The fourth-order valence-corrected chi connectivity index (χ4v) is 3.56. The number of rotatable bonds is 7. The smallest absolute Gasteiger partial charge is 0.0794 e. The molecule has 2 aromatic carbocycles. The summed E-state index contributed by atoms with van der Waals surface area (Å²) in [5.74, 6) is 0. The number of halogens is 1. The summed E-state index contributed by atoms with van der Waals surface area (Å²) >= 11 is 3.49. The molecule has 3 rings (SSSR count). The fraction of sp³-hybridized carbons (Fsp3) is 0.333. The van der Waals surface area contributed by atoms with E-state index in [-0.39, 0.29) is 6.04 Å². The Hall–Kier alpha value is -1.62. The molecule has 0 aromatic heterocycles. The quantitative estimate of drug-likeness (QED) is 0.580. The lowest BCUT2D eigenvalue weighted by Gasteiger charge is -2.29. The summed E-state index contributed by atoms with van der Waals surface area (Å²) in [5, 5.41) is 14.4. The van der Waals surface area contributed by atoms with E-state index in [0.717, 1.165) is 53.5 Å². The zero-order chi connectivity index (χ0) is 17.6. The SMILES string of the molecule is NCCCCC[C@@H](O)C1=CC(c2ccc(Br)cc2)Nc2ccccc21. The Balaban J connectivity index is 1.84. The highest BCUT2D eigenvalue weighted by Crippen LogP contribution is 2.37. The van der Waals surface area contributed by atoms with Crippen LogP contribution in [0.25, 0.3) is 5.57 Å². The Kier molecular flexibility index (Phi) is 6.29. The first-order valence-corrected chi connectivity index (χ1v) is 9.69. The number of hydrogen-bond acceptors (Lipinski definition) is 3. The molecule has 4 heteroatoms. The third-order valence-corrected chi connectivity index (χ3v) is 5.19. The van der Waals surface area contributed by atoms with Gasteiger partial charge in [-0.3, -0.25) is 0 Å². The first-order chi connectivity index (χ1) is 12.2. The second kappa shape index (κ2) is 8.65. The number of nitrogens with one attached hydrogen (secondary N) is 1. The van der Waals surface area contributed by atoms with Gasteiger partial charge in [-0.1, -0.05) is 65.2 Å². The number of fused-ring (bicyclic) bond motifs is 1. The Labute approximate surface area is 158 Å². The van der Waals surface area contributed by atoms with Crippen LogP contribution < -0.4 is 11.1 Å². The van der Waals surface area contributed by atoms with Gasteiger partial charge in [0.05, 0.1) is 12.1 Å². The van der Waals surface area contributed by atoms with Crippen LogP contribution in [0.4, 0.5) is 5.69 Å². The van der Waals surface area contributed by atoms with E-state index in [9.17, 15) is 5.11 Å². The van der Waals surface area contributed by atoms with Crippen molar-refractivity contribution in [3.8, 4) is 0 Å². The molecule has 25 heavy (non-hydrogen) atoms. The fourth-order valence-electron chi connectivity index (χ4n) is 3.29. The first kappa shape index (κ1) is 18.2. The number of hydrogen-bond donors (Lipinski definition) is 3. The monoisotopic (exact) mass is 400 g/mol. The second-order valence-electron chi connectivity index (χ2n) is 6.49. The van der Waals surface area contributed by atoms with Gasteiger partial charge in [0.25, 0.3) is 0 Å². The highest BCUT2D eigenvalue weighted by atomic mass is 79.9. The van der Waals surface area contributed by atoms with Gasteiger partial charge in [0.2, 0.25) is 0 Å². The molecule has 0 bridgehead atoms. The maximum atomic E-state index is 10.8. The van der Waals surface area contributed by atoms with E-state index in [4.69, 9.17) is 5.73 Å². The highest BCUT2D eigenvalue weighted by Gasteiger charge is 2.23. The Morgan fingerprint density at radius 2 is 1.80 bits per heavy atom. The number of benzene rings is 2. The number of nitrogens with two attached hydrogens (primary N) is 1. The van der Waals surface area contributed by atoms with Crippen LogP contribution in [0.2, 0.25) is 0 Å². The molecule has 0 fully saturated rings. The molecule has 0 saturated heterocycles. The molecule has 1 unspecified atom stereocenters. The van der Waals surface area contributed by atoms with E-state index in [1.54, 1.807) is 0 Å². The van der Waals surface area contributed by atoms with E-state index in [0.29, 0.717) is 0 Å². The lowest BCUT2D eigenvalue weighted by molar-refractivity contribution is 0.217. The summed E-state index contributed by atoms with van der Waals surface area (Å²) in [5.41, 5.74) is 9.94. The molecule has 3 nitrogen and oxygen atoms in total. The van der Waals surface area contributed by atoms with Gasteiger partial charge in [-0.2, -0.15) is 0 Å². The van der Waals surface area contributed by atoms with Crippen molar-refractivity contribution in [3.05, 3.63) is 70.2 Å². The second-order valence-corrected chi connectivity index (χ2v) is 7.41. The normalized spacial score (nSPS) is 17.4. The summed E-state index contributed by atoms with van der Waals surface area (Å²) in [6.07, 6.45) is 5.57. The number of aliphatic hydroxyl groups excluding tert-OH is 1. The van der Waals surface area contributed by atoms with Crippen molar-refractivity contribution in [2.24, 2.45) is 5.73 Å². The van der Waals surface area contributed by atoms with E-state index in [1.807, 2.05) is 24.3 Å². The van der Waals surface area contributed by atoms with E-state index in [2.05, 4.69) is 51.6 Å². The van der Waals surface area contributed by atoms with Crippen molar-refractivity contribution in [1.29, 1.82) is 0 Å². The van der Waals surface area contributed by atoms with E-state index >= 15 is 0 Å². The molecule has 0 radical (unpaired) electrons. The summed E-state index contributed by atoms with van der Waals surface area (Å²) in [4.78, 5) is 0. The molecule has 132 valence electrons. The van der Waals surface area contributed by atoms with Gasteiger partial charge in [0.1, 0.15) is 0 Å². The standard InChI is InChI=1S/C21H25BrN2O/c22-16-11-9-15(10-12-16)20-14-18(21(25)8-2-1-5-13-23)17-6-3-4-7-19(17)24-20/h3-4,6-7,9-12,14,20-21,24-25H,1-2,5,8,13,23H2/t20?,21-/m1/s1. The molecule has 1 aliphatic rings. The average molecular weight is 401 g/mol. The average Bonchev–Trinajstić information content (AvgIpc) is 2.65. The van der Waals surface area contributed by atoms with Crippen molar-refractivity contribution in [2.75, 3.05) is 11.9 Å². The van der Waals surface area contributed by atoms with Gasteiger partial charge in [-0.05, 0) is 48.7 Å². The minimum Gasteiger partial charge on any atom is -0.388 e. The number of aliphatic hydroxyl groups is 1. The Bertz CT molecular complexity index is 727. The topological polar surface area (TPSA) is 58.3 Å². The van der Waals surface area contributed by atoms with Gasteiger partial charge in [-0.25, -0.2) is 0 Å². The molecule has 0 aliphatic carbocycles. The Morgan fingerprint density at radius 3 is 2.56 bits per heavy atom. The summed E-state index contributed by atoms with van der Waals surface area (Å²) in [7, 11) is 0. The molecule has 1 aliphatic heterocycles. The minimum atomic E-state index is -0.445. The van der Waals surface area contributed by atoms with Crippen LogP contribution in [0.15, 0.2) is 59.1 Å². The van der Waals surface area contributed by atoms with Crippen LogP contribution in [0.3, 0.4) is 0 Å². The van der Waals surface area contributed by atoms with Gasteiger partial charge in [0.15, 0.2) is 0 Å². The van der Waals surface area contributed by atoms with Crippen LogP contribution in [-0.2, 0) is 0 Å². The highest BCUT2D eigenvalue weighted by molar-refractivity contribution is 9.10. The Morgan fingerprint density at radius 1 is 1.04 bits per heavy atom. The van der Waals surface area contributed by atoms with E-state index < -0.39 is 6.10 Å². The number of anilines is 1. The number of unbranched alkanes of at least 4 members (excludes halogenated alkanes) is 2. The third-order valence-electron chi connectivity index (χ3n) is 4.67. The molecule has 2 aromatic rings. The van der Waals surface area contributed by atoms with Crippen LogP contribution in [-0.4, -0.2) is 17.8 Å². The lowest BCUT2D eigenvalue weighted by atomic mass is 9.89. The zero-order valence-electron chi connectivity index (χ0n) is 14.3. The van der Waals surface area contributed by atoms with Crippen molar-refractivity contribution in [1.82, 2.24) is 0 Å². The molecular formula is C21H25BrN2O. The maximum absolute atomic E-state index is 10.8. The van der Waals surface area contributed by atoms with Crippen molar-refractivity contribution < 1.29 is 5.11 Å². The van der Waals surface area contributed by atoms with Crippen LogP contribution in [0, 0.1) is 0 Å². The van der Waals surface area contributed by atoms with Crippen LogP contribution in [0.1, 0.15) is 42.9 Å². The molecule has 1 heterocycles. The molecule has 4 N–H and O–H groups in total. The van der Waals surface area contributed by atoms with Crippen molar-refractivity contribution in [3.63, 3.8) is 0 Å². The lowest BCUT2D eigenvalue weighted by Crippen LogP contribution is -2.20. The molecule has 0 saturated carbocycles. The predicted octanol–water partition coefficient (Wildman–Crippen LogP) is 4.88. The first-order valence-electron chi connectivity index (χ1n) is 8.90. The van der Waals surface area contributed by atoms with Crippen molar-refractivity contribution >= 4 is 27.2 Å². The zero-order valence-corrected chi connectivity index (χ0v) is 15.9. The van der Waals surface area contributed by atoms with Gasteiger partial charge < -0.3 is 16.2 Å². The molecule has 2 atom stereocenters. The predicted molar refractivity (Wildman–Crippen MR) is 108 cm³/mol. The minimum absolute atomic E-state index is 0.0664. The molecular weight excluding hydrogens is 376 g/mol. The number of para-hydroxylation sites is 1. The summed E-state index contributed by atoms with van der Waals surface area (Å²) in [6.45, 7) is 0.719. The van der Waals surface area contributed by atoms with Crippen LogP contribution >= 0.6 is 15.9 Å². The largest absolute Gasteiger partial charge is 0.388 e. The van der Waals surface area contributed by atoms with Crippen LogP contribution in [0.5, 0.6) is 0 Å². The summed E-state index contributed by atoms with van der Waals surface area (Å²) < 4.78 is 1.07. The maximum Gasteiger partial charge on any atom is 0.0794 e. The van der Waals surface area contributed by atoms with Gasteiger partial charge >= 0.3 is 0 Å². The molecule has 0 amide bonds. The molecule has 0 spiro atoms. The van der Waals surface area contributed by atoms with Gasteiger partial charge in [0, 0.05) is 15.7 Å². The van der Waals surface area contributed by atoms with Gasteiger partial charge in [-0.15, -0.1) is 0 Å². The van der Waals surface area contributed by atoms with E-state index in [1.165, 1.54) is 5.56 Å². The van der Waals surface area contributed by atoms with Crippen molar-refractivity contribution in [2.45, 2.75) is 37.8 Å². The summed E-state index contributed by atoms with van der Waals surface area (Å²) in [6, 6.07) is 16.6. The third kappa shape index (κ3) is 4.51.